The third kappa shape index (κ3) is 3.74. The van der Waals surface area contributed by atoms with Gasteiger partial charge in [0.2, 0.25) is 5.91 Å². The molecule has 0 radical (unpaired) electrons. The van der Waals surface area contributed by atoms with Gasteiger partial charge in [0, 0.05) is 18.3 Å². The highest BCUT2D eigenvalue weighted by molar-refractivity contribution is 5.92. The van der Waals surface area contributed by atoms with Gasteiger partial charge in [-0.1, -0.05) is 43.3 Å². The molecule has 0 bridgehead atoms. The van der Waals surface area contributed by atoms with Gasteiger partial charge in [0.15, 0.2) is 0 Å². The Labute approximate surface area is 174 Å². The Kier molecular flexibility index (Phi) is 5.18. The zero-order valence-electron chi connectivity index (χ0n) is 17.2. The van der Waals surface area contributed by atoms with Crippen LogP contribution in [-0.2, 0) is 17.8 Å². The number of aryl methyl sites for hydroxylation is 2. The number of rotatable bonds is 5. The summed E-state index contributed by atoms with van der Waals surface area (Å²) in [7, 11) is 1.69. The van der Waals surface area contributed by atoms with Crippen LogP contribution in [0.1, 0.15) is 18.1 Å². The molecule has 0 saturated heterocycles. The van der Waals surface area contributed by atoms with E-state index in [1.165, 1.54) is 26.0 Å². The Hall–Kier alpha value is -3.74. The lowest BCUT2D eigenvalue weighted by molar-refractivity contribution is -0.119. The fourth-order valence-corrected chi connectivity index (χ4v) is 3.32. The molecular weight excluding hydrogens is 378 g/mol. The Morgan fingerprint density at radius 1 is 1.10 bits per heavy atom. The molecule has 0 atom stereocenters. The topological polar surface area (TPSA) is 72.5 Å². The summed E-state index contributed by atoms with van der Waals surface area (Å²) in [6, 6.07) is 17.5. The normalized spacial score (nSPS) is 11.0. The van der Waals surface area contributed by atoms with E-state index in [2.05, 4.69) is 29.3 Å². The van der Waals surface area contributed by atoms with Gasteiger partial charge in [-0.25, -0.2) is 9.20 Å². The summed E-state index contributed by atoms with van der Waals surface area (Å²) in [5.41, 5.74) is 4.72. The molecule has 4 rings (SSSR count). The molecule has 0 saturated carbocycles. The van der Waals surface area contributed by atoms with Gasteiger partial charge in [-0.05, 0) is 42.7 Å². The van der Waals surface area contributed by atoms with Gasteiger partial charge in [-0.15, -0.1) is 0 Å². The van der Waals surface area contributed by atoms with Crippen molar-refractivity contribution in [3.63, 3.8) is 0 Å². The molecule has 152 valence electrons. The van der Waals surface area contributed by atoms with Crippen LogP contribution in [0.5, 0.6) is 0 Å². The van der Waals surface area contributed by atoms with Crippen LogP contribution in [0.2, 0.25) is 0 Å². The number of aromatic nitrogens is 4. The molecule has 2 heterocycles. The second-order valence-electron chi connectivity index (χ2n) is 7.30. The van der Waals surface area contributed by atoms with Crippen molar-refractivity contribution >= 4 is 17.1 Å². The van der Waals surface area contributed by atoms with Crippen LogP contribution in [0.25, 0.3) is 16.8 Å². The first kappa shape index (κ1) is 19.6. The van der Waals surface area contributed by atoms with Gasteiger partial charge in [0.05, 0.1) is 5.69 Å². The molecule has 0 N–H and O–H groups in total. The summed E-state index contributed by atoms with van der Waals surface area (Å²) >= 11 is 0. The Morgan fingerprint density at radius 3 is 2.57 bits per heavy atom. The summed E-state index contributed by atoms with van der Waals surface area (Å²) in [6.07, 6.45) is 2.42. The van der Waals surface area contributed by atoms with Crippen LogP contribution in [0.4, 0.5) is 5.69 Å². The summed E-state index contributed by atoms with van der Waals surface area (Å²) in [6.45, 7) is 3.92. The third-order valence-electron chi connectivity index (χ3n) is 5.20. The van der Waals surface area contributed by atoms with Crippen molar-refractivity contribution in [3.05, 3.63) is 82.4 Å². The lowest BCUT2D eigenvalue weighted by Crippen LogP contribution is -2.35. The number of likely N-dealkylation sites (N-methyl/N-ethyl adjacent to an activating group) is 1. The van der Waals surface area contributed by atoms with Gasteiger partial charge >= 0.3 is 0 Å². The molecule has 0 aliphatic heterocycles. The molecular formula is C23H23N5O2. The quantitative estimate of drug-likeness (QED) is 0.515. The molecule has 0 unspecified atom stereocenters. The van der Waals surface area contributed by atoms with Crippen LogP contribution in [0, 0.1) is 6.92 Å². The van der Waals surface area contributed by atoms with Gasteiger partial charge in [-0.2, -0.15) is 10.2 Å². The fraction of sp³-hybridized carbons (Fsp3) is 0.217. The first-order valence-electron chi connectivity index (χ1n) is 9.84. The number of anilines is 1. The van der Waals surface area contributed by atoms with E-state index in [4.69, 9.17) is 0 Å². The highest BCUT2D eigenvalue weighted by atomic mass is 16.2. The first-order valence-corrected chi connectivity index (χ1v) is 9.84. The fourth-order valence-electron chi connectivity index (χ4n) is 3.32. The lowest BCUT2D eigenvalue weighted by atomic mass is 10.1. The molecule has 2 aromatic heterocycles. The number of carbonyl (C=O) groups excluding carboxylic acids is 1. The summed E-state index contributed by atoms with van der Waals surface area (Å²) < 4.78 is 2.63. The number of hydrogen-bond donors (Lipinski definition) is 0. The molecule has 0 aliphatic rings. The van der Waals surface area contributed by atoms with E-state index in [0.717, 1.165) is 23.2 Å². The monoisotopic (exact) mass is 401 g/mol. The Balaban J connectivity index is 1.61. The highest BCUT2D eigenvalue weighted by Crippen LogP contribution is 2.19. The van der Waals surface area contributed by atoms with E-state index in [1.54, 1.807) is 13.1 Å². The van der Waals surface area contributed by atoms with Crippen molar-refractivity contribution in [1.29, 1.82) is 0 Å². The number of amides is 1. The number of fused-ring (bicyclic) bond motifs is 1. The number of nitrogens with zero attached hydrogens (tertiary/aromatic N) is 5. The number of benzene rings is 2. The SMILES string of the molecule is CCc1ccc(-c2cc3c(=O)n(CC(=O)N(C)c4cccc(C)c4)ncn3n2)cc1. The van der Waals surface area contributed by atoms with Gasteiger partial charge in [0.25, 0.3) is 5.56 Å². The summed E-state index contributed by atoms with van der Waals surface area (Å²) in [4.78, 5) is 27.1. The minimum Gasteiger partial charge on any atom is -0.314 e. The van der Waals surface area contributed by atoms with Crippen LogP contribution in [-0.4, -0.2) is 32.3 Å². The zero-order chi connectivity index (χ0) is 21.3. The van der Waals surface area contributed by atoms with E-state index in [-0.39, 0.29) is 18.0 Å². The van der Waals surface area contributed by atoms with E-state index in [1.807, 2.05) is 43.3 Å². The molecule has 0 fully saturated rings. The predicted molar refractivity (Wildman–Crippen MR) is 117 cm³/mol. The molecule has 0 aliphatic carbocycles. The maximum atomic E-state index is 12.9. The molecule has 30 heavy (non-hydrogen) atoms. The van der Waals surface area contributed by atoms with E-state index in [0.29, 0.717) is 11.2 Å². The molecule has 0 spiro atoms. The molecule has 1 amide bonds. The first-order chi connectivity index (χ1) is 14.5. The smallest absolute Gasteiger partial charge is 0.293 e. The van der Waals surface area contributed by atoms with Crippen molar-refractivity contribution in [3.8, 4) is 11.3 Å². The maximum absolute atomic E-state index is 12.9. The van der Waals surface area contributed by atoms with Crippen molar-refractivity contribution in [2.24, 2.45) is 0 Å². The van der Waals surface area contributed by atoms with Crippen LogP contribution >= 0.6 is 0 Å². The van der Waals surface area contributed by atoms with Crippen molar-refractivity contribution < 1.29 is 4.79 Å². The predicted octanol–water partition coefficient (Wildman–Crippen LogP) is 3.09. The van der Waals surface area contributed by atoms with E-state index >= 15 is 0 Å². The van der Waals surface area contributed by atoms with Crippen molar-refractivity contribution in [2.45, 2.75) is 26.8 Å². The largest absolute Gasteiger partial charge is 0.314 e. The minimum absolute atomic E-state index is 0.147. The van der Waals surface area contributed by atoms with Crippen LogP contribution in [0.3, 0.4) is 0 Å². The van der Waals surface area contributed by atoms with Crippen LogP contribution < -0.4 is 10.5 Å². The second kappa shape index (κ2) is 7.94. The summed E-state index contributed by atoms with van der Waals surface area (Å²) in [5.74, 6) is -0.227. The van der Waals surface area contributed by atoms with Gasteiger partial charge in [-0.3, -0.25) is 9.59 Å². The van der Waals surface area contributed by atoms with Crippen molar-refractivity contribution in [2.75, 3.05) is 11.9 Å². The third-order valence-corrected chi connectivity index (χ3v) is 5.20. The highest BCUT2D eigenvalue weighted by Gasteiger charge is 2.16. The molecule has 2 aromatic carbocycles. The molecule has 4 aromatic rings. The minimum atomic E-state index is -0.354. The van der Waals surface area contributed by atoms with E-state index in [9.17, 15) is 9.59 Å². The molecule has 7 heteroatoms. The average Bonchev–Trinajstić information content (AvgIpc) is 3.20. The zero-order valence-corrected chi connectivity index (χ0v) is 17.2. The lowest BCUT2D eigenvalue weighted by Gasteiger charge is -2.18. The Morgan fingerprint density at radius 2 is 1.87 bits per heavy atom. The van der Waals surface area contributed by atoms with Gasteiger partial charge < -0.3 is 4.90 Å². The van der Waals surface area contributed by atoms with E-state index < -0.39 is 0 Å². The average molecular weight is 401 g/mol. The maximum Gasteiger partial charge on any atom is 0.293 e. The Bertz CT molecular complexity index is 1270. The standard InChI is InChI=1S/C23H23N5O2/c1-4-17-8-10-18(11-9-17)20-13-21-23(30)27(24-15-28(21)25-20)14-22(29)26(3)19-7-5-6-16(2)12-19/h5-13,15H,4,14H2,1-3H3. The number of carbonyl (C=O) groups is 1. The van der Waals surface area contributed by atoms with Crippen molar-refractivity contribution in [1.82, 2.24) is 19.4 Å². The second-order valence-corrected chi connectivity index (χ2v) is 7.30. The molecule has 7 nitrogen and oxygen atoms in total. The van der Waals surface area contributed by atoms with Crippen LogP contribution in [0.15, 0.2) is 65.7 Å². The van der Waals surface area contributed by atoms with Gasteiger partial charge in [0.1, 0.15) is 18.4 Å². The summed E-state index contributed by atoms with van der Waals surface area (Å²) in [5, 5.41) is 8.59. The number of hydrogen-bond acceptors (Lipinski definition) is 4.